The van der Waals surface area contributed by atoms with Crippen molar-refractivity contribution in [1.82, 2.24) is 10.6 Å². The van der Waals surface area contributed by atoms with E-state index in [0.717, 1.165) is 5.56 Å². The van der Waals surface area contributed by atoms with Crippen molar-refractivity contribution in [2.45, 2.75) is 12.6 Å². The van der Waals surface area contributed by atoms with Crippen LogP contribution in [0.4, 0.5) is 4.39 Å². The topological polar surface area (TPSA) is 78.4 Å². The van der Waals surface area contributed by atoms with Crippen LogP contribution in [0.1, 0.15) is 27.6 Å². The maximum absolute atomic E-state index is 13.6. The zero-order chi connectivity index (χ0) is 18.2. The van der Waals surface area contributed by atoms with Crippen molar-refractivity contribution < 1.29 is 19.1 Å². The van der Waals surface area contributed by atoms with Crippen LogP contribution >= 0.6 is 0 Å². The lowest BCUT2D eigenvalue weighted by Gasteiger charge is -2.13. The number of carbonyl (C=O) groups excluding carboxylic acids is 2. The Balaban J connectivity index is 1.89. The molecule has 0 bridgehead atoms. The fourth-order valence-corrected chi connectivity index (χ4v) is 2.18. The molecule has 2 aromatic carbocycles. The molecule has 0 aromatic heterocycles. The van der Waals surface area contributed by atoms with Crippen molar-refractivity contribution in [1.29, 1.82) is 0 Å². The maximum atomic E-state index is 13.6. The molecule has 2 aromatic rings. The monoisotopic (exact) mass is 342 g/mol. The van der Waals surface area contributed by atoms with Crippen LogP contribution in [0.2, 0.25) is 0 Å². The second-order valence-electron chi connectivity index (χ2n) is 5.37. The molecule has 0 aliphatic heterocycles. The lowest BCUT2D eigenvalue weighted by molar-refractivity contribution is -0.116. The minimum Gasteiger partial charge on any atom is -0.386 e. The highest BCUT2D eigenvalue weighted by Crippen LogP contribution is 2.15. The van der Waals surface area contributed by atoms with E-state index in [4.69, 9.17) is 0 Å². The number of hydrogen-bond donors (Lipinski definition) is 3. The van der Waals surface area contributed by atoms with E-state index >= 15 is 0 Å². The van der Waals surface area contributed by atoms with E-state index in [1.807, 2.05) is 0 Å². The summed E-state index contributed by atoms with van der Waals surface area (Å²) in [6, 6.07) is 12.5. The van der Waals surface area contributed by atoms with Crippen molar-refractivity contribution >= 4 is 11.8 Å². The highest BCUT2D eigenvalue weighted by molar-refractivity contribution is 5.94. The predicted octanol–water partition coefficient (Wildman–Crippen LogP) is 2.09. The molecular formula is C19H19FN2O3. The minimum absolute atomic E-state index is 0.100. The molecule has 6 heteroatoms. The van der Waals surface area contributed by atoms with Gasteiger partial charge in [-0.3, -0.25) is 9.59 Å². The summed E-state index contributed by atoms with van der Waals surface area (Å²) in [7, 11) is 0. The third-order valence-corrected chi connectivity index (χ3v) is 3.59. The van der Waals surface area contributed by atoms with Crippen LogP contribution in [-0.2, 0) is 11.3 Å². The first-order chi connectivity index (χ1) is 12.0. The molecule has 0 spiro atoms. The molecule has 1 atom stereocenters. The van der Waals surface area contributed by atoms with Gasteiger partial charge in [-0.25, -0.2) is 4.39 Å². The SMILES string of the molecule is C=CC(=O)NCc1ccc(C(=O)NCC(O)c2ccccc2F)cc1. The van der Waals surface area contributed by atoms with E-state index in [1.54, 1.807) is 30.3 Å². The summed E-state index contributed by atoms with van der Waals surface area (Å²) in [5.41, 5.74) is 1.37. The van der Waals surface area contributed by atoms with E-state index in [0.29, 0.717) is 12.1 Å². The number of aliphatic hydroxyl groups excluding tert-OH is 1. The van der Waals surface area contributed by atoms with E-state index in [9.17, 15) is 19.1 Å². The van der Waals surface area contributed by atoms with E-state index in [2.05, 4.69) is 17.2 Å². The zero-order valence-electron chi connectivity index (χ0n) is 13.5. The van der Waals surface area contributed by atoms with Gasteiger partial charge in [0.25, 0.3) is 5.91 Å². The van der Waals surface area contributed by atoms with Crippen LogP contribution < -0.4 is 10.6 Å². The summed E-state index contributed by atoms with van der Waals surface area (Å²) >= 11 is 0. The molecule has 5 nitrogen and oxygen atoms in total. The fourth-order valence-electron chi connectivity index (χ4n) is 2.18. The summed E-state index contributed by atoms with van der Waals surface area (Å²) in [5.74, 6) is -1.17. The van der Waals surface area contributed by atoms with Gasteiger partial charge in [0.15, 0.2) is 0 Å². The second-order valence-corrected chi connectivity index (χ2v) is 5.37. The molecule has 0 fully saturated rings. The Bertz CT molecular complexity index is 760. The summed E-state index contributed by atoms with van der Waals surface area (Å²) < 4.78 is 13.6. The lowest BCUT2D eigenvalue weighted by atomic mass is 10.1. The molecule has 0 aliphatic rings. The Hall–Kier alpha value is -2.99. The molecule has 25 heavy (non-hydrogen) atoms. The van der Waals surface area contributed by atoms with Crippen molar-refractivity contribution in [2.24, 2.45) is 0 Å². The number of hydrogen-bond acceptors (Lipinski definition) is 3. The smallest absolute Gasteiger partial charge is 0.251 e. The van der Waals surface area contributed by atoms with Crippen LogP contribution in [0.3, 0.4) is 0 Å². The van der Waals surface area contributed by atoms with Crippen molar-refractivity contribution in [3.8, 4) is 0 Å². The average molecular weight is 342 g/mol. The molecule has 0 saturated carbocycles. The Morgan fingerprint density at radius 1 is 1.12 bits per heavy atom. The Labute approximate surface area is 145 Å². The number of nitrogens with one attached hydrogen (secondary N) is 2. The standard InChI is InChI=1S/C19H19FN2O3/c1-2-18(24)21-11-13-7-9-14(10-8-13)19(25)22-12-17(23)15-5-3-4-6-16(15)20/h2-10,17,23H,1,11-12H2,(H,21,24)(H,22,25). The van der Waals surface area contributed by atoms with Crippen LogP contribution in [0, 0.1) is 5.82 Å². The highest BCUT2D eigenvalue weighted by atomic mass is 19.1. The molecule has 0 heterocycles. The average Bonchev–Trinajstić information content (AvgIpc) is 2.64. The van der Waals surface area contributed by atoms with Crippen LogP contribution in [-0.4, -0.2) is 23.5 Å². The fraction of sp³-hybridized carbons (Fsp3) is 0.158. The number of amides is 2. The van der Waals surface area contributed by atoms with Gasteiger partial charge in [0.2, 0.25) is 5.91 Å². The molecule has 2 rings (SSSR count). The zero-order valence-corrected chi connectivity index (χ0v) is 13.5. The highest BCUT2D eigenvalue weighted by Gasteiger charge is 2.14. The minimum atomic E-state index is -1.13. The van der Waals surface area contributed by atoms with Gasteiger partial charge in [0, 0.05) is 24.2 Å². The molecule has 1 unspecified atom stereocenters. The normalized spacial score (nSPS) is 11.4. The van der Waals surface area contributed by atoms with Gasteiger partial charge >= 0.3 is 0 Å². The van der Waals surface area contributed by atoms with Crippen LogP contribution in [0.15, 0.2) is 61.2 Å². The van der Waals surface area contributed by atoms with Gasteiger partial charge < -0.3 is 15.7 Å². The first-order valence-electron chi connectivity index (χ1n) is 7.71. The number of benzene rings is 2. The van der Waals surface area contributed by atoms with E-state index in [-0.39, 0.29) is 23.9 Å². The summed E-state index contributed by atoms with van der Waals surface area (Å²) in [5, 5.41) is 15.2. The third-order valence-electron chi connectivity index (χ3n) is 3.59. The quantitative estimate of drug-likeness (QED) is 0.674. The molecule has 0 saturated heterocycles. The first kappa shape index (κ1) is 18.4. The van der Waals surface area contributed by atoms with Crippen LogP contribution in [0.5, 0.6) is 0 Å². The number of carbonyl (C=O) groups is 2. The molecule has 3 N–H and O–H groups in total. The molecule has 0 radical (unpaired) electrons. The lowest BCUT2D eigenvalue weighted by Crippen LogP contribution is -2.28. The van der Waals surface area contributed by atoms with Gasteiger partial charge in [-0.05, 0) is 29.8 Å². The first-order valence-corrected chi connectivity index (χ1v) is 7.71. The van der Waals surface area contributed by atoms with Gasteiger partial charge in [-0.2, -0.15) is 0 Å². The predicted molar refractivity (Wildman–Crippen MR) is 92.2 cm³/mol. The summed E-state index contributed by atoms with van der Waals surface area (Å²) in [6.07, 6.45) is 0.0569. The van der Waals surface area contributed by atoms with Gasteiger partial charge in [-0.15, -0.1) is 0 Å². The molecule has 2 amide bonds. The van der Waals surface area contributed by atoms with Gasteiger partial charge in [0.05, 0.1) is 6.10 Å². The molecule has 0 aliphatic carbocycles. The van der Waals surface area contributed by atoms with E-state index in [1.165, 1.54) is 24.3 Å². The van der Waals surface area contributed by atoms with E-state index < -0.39 is 11.9 Å². The molecular weight excluding hydrogens is 323 g/mol. The molecule has 130 valence electrons. The van der Waals surface area contributed by atoms with Crippen molar-refractivity contribution in [2.75, 3.05) is 6.54 Å². The summed E-state index contributed by atoms with van der Waals surface area (Å²) in [4.78, 5) is 23.2. The Morgan fingerprint density at radius 2 is 1.80 bits per heavy atom. The Morgan fingerprint density at radius 3 is 2.44 bits per heavy atom. The van der Waals surface area contributed by atoms with Crippen molar-refractivity contribution in [3.05, 3.63) is 83.7 Å². The summed E-state index contributed by atoms with van der Waals surface area (Å²) in [6.45, 7) is 3.60. The largest absolute Gasteiger partial charge is 0.386 e. The second kappa shape index (κ2) is 8.75. The number of aliphatic hydroxyl groups is 1. The van der Waals surface area contributed by atoms with Gasteiger partial charge in [0.1, 0.15) is 5.82 Å². The van der Waals surface area contributed by atoms with Crippen molar-refractivity contribution in [3.63, 3.8) is 0 Å². The van der Waals surface area contributed by atoms with Gasteiger partial charge in [-0.1, -0.05) is 36.9 Å². The number of halogens is 1. The number of rotatable bonds is 7. The van der Waals surface area contributed by atoms with Crippen LogP contribution in [0.25, 0.3) is 0 Å². The third kappa shape index (κ3) is 5.26. The maximum Gasteiger partial charge on any atom is 0.251 e. The Kier molecular flexibility index (Phi) is 6.42.